The molecule has 4 heteroatoms. The molecule has 0 saturated carbocycles. The van der Waals surface area contributed by atoms with E-state index in [0.29, 0.717) is 0 Å². The standard InChI is InChI=1S/C17H19FN2S/c1-20(2)13-8-6-12(7-9-13)19-16-10-11-21-17-14(16)4-3-5-15(17)18/h3-9,16,19H,10-11H2,1-2H3. The Balaban J connectivity index is 1.82. The number of nitrogens with zero attached hydrogens (tertiary/aromatic N) is 1. The van der Waals surface area contributed by atoms with Crippen LogP contribution in [0.1, 0.15) is 18.0 Å². The van der Waals surface area contributed by atoms with Crippen LogP contribution in [0.2, 0.25) is 0 Å². The lowest BCUT2D eigenvalue weighted by atomic mass is 10.0. The minimum absolute atomic E-state index is 0.105. The minimum atomic E-state index is -0.105. The van der Waals surface area contributed by atoms with Crippen molar-refractivity contribution >= 4 is 23.1 Å². The van der Waals surface area contributed by atoms with Crippen molar-refractivity contribution in [3.05, 3.63) is 53.8 Å². The van der Waals surface area contributed by atoms with E-state index in [1.54, 1.807) is 23.9 Å². The van der Waals surface area contributed by atoms with Gasteiger partial charge in [-0.15, -0.1) is 11.8 Å². The van der Waals surface area contributed by atoms with Crippen LogP contribution in [-0.4, -0.2) is 19.8 Å². The Morgan fingerprint density at radius 3 is 2.62 bits per heavy atom. The zero-order valence-electron chi connectivity index (χ0n) is 12.3. The van der Waals surface area contributed by atoms with Crippen LogP contribution in [0, 0.1) is 5.82 Å². The summed E-state index contributed by atoms with van der Waals surface area (Å²) in [4.78, 5) is 2.87. The van der Waals surface area contributed by atoms with Crippen molar-refractivity contribution in [2.45, 2.75) is 17.4 Å². The largest absolute Gasteiger partial charge is 0.378 e. The van der Waals surface area contributed by atoms with Crippen molar-refractivity contribution in [3.8, 4) is 0 Å². The highest BCUT2D eigenvalue weighted by Gasteiger charge is 2.22. The second-order valence-corrected chi connectivity index (χ2v) is 6.54. The van der Waals surface area contributed by atoms with Gasteiger partial charge in [-0.1, -0.05) is 12.1 Å². The Labute approximate surface area is 129 Å². The molecule has 2 nitrogen and oxygen atoms in total. The van der Waals surface area contributed by atoms with Crippen LogP contribution < -0.4 is 10.2 Å². The Morgan fingerprint density at radius 1 is 1.14 bits per heavy atom. The molecule has 0 spiro atoms. The van der Waals surface area contributed by atoms with E-state index < -0.39 is 0 Å². The van der Waals surface area contributed by atoms with Gasteiger partial charge in [-0.25, -0.2) is 4.39 Å². The minimum Gasteiger partial charge on any atom is -0.378 e. The molecule has 1 heterocycles. The summed E-state index contributed by atoms with van der Waals surface area (Å²) in [5, 5.41) is 3.53. The zero-order valence-corrected chi connectivity index (χ0v) is 13.1. The summed E-state index contributed by atoms with van der Waals surface area (Å²) < 4.78 is 13.9. The third kappa shape index (κ3) is 3.00. The topological polar surface area (TPSA) is 15.3 Å². The lowest BCUT2D eigenvalue weighted by Gasteiger charge is -2.27. The fourth-order valence-corrected chi connectivity index (χ4v) is 3.73. The highest BCUT2D eigenvalue weighted by atomic mass is 32.2. The molecular weight excluding hydrogens is 283 g/mol. The van der Waals surface area contributed by atoms with Crippen LogP contribution >= 0.6 is 11.8 Å². The molecule has 3 rings (SSSR count). The molecule has 0 fully saturated rings. The van der Waals surface area contributed by atoms with E-state index in [-0.39, 0.29) is 11.9 Å². The molecule has 1 N–H and O–H groups in total. The van der Waals surface area contributed by atoms with Crippen LogP contribution in [-0.2, 0) is 0 Å². The van der Waals surface area contributed by atoms with Gasteiger partial charge in [0.15, 0.2) is 0 Å². The first-order valence-corrected chi connectivity index (χ1v) is 8.09. The van der Waals surface area contributed by atoms with Gasteiger partial charge in [0.25, 0.3) is 0 Å². The van der Waals surface area contributed by atoms with Crippen molar-refractivity contribution in [1.82, 2.24) is 0 Å². The summed E-state index contributed by atoms with van der Waals surface area (Å²) in [6.45, 7) is 0. The van der Waals surface area contributed by atoms with E-state index in [0.717, 1.165) is 28.3 Å². The number of fused-ring (bicyclic) bond motifs is 1. The second kappa shape index (κ2) is 5.98. The Morgan fingerprint density at radius 2 is 1.90 bits per heavy atom. The number of nitrogens with one attached hydrogen (secondary N) is 1. The zero-order chi connectivity index (χ0) is 14.8. The van der Waals surface area contributed by atoms with Crippen molar-refractivity contribution in [2.75, 3.05) is 30.1 Å². The summed E-state index contributed by atoms with van der Waals surface area (Å²) in [6, 6.07) is 13.9. The van der Waals surface area contributed by atoms with Crippen LogP contribution in [0.15, 0.2) is 47.4 Å². The van der Waals surface area contributed by atoms with E-state index in [9.17, 15) is 4.39 Å². The molecule has 0 aliphatic carbocycles. The molecule has 0 radical (unpaired) electrons. The first-order valence-electron chi connectivity index (χ1n) is 7.10. The van der Waals surface area contributed by atoms with Gasteiger partial charge in [0.2, 0.25) is 0 Å². The summed E-state index contributed by atoms with van der Waals surface area (Å²) in [5.41, 5.74) is 3.32. The number of anilines is 2. The highest BCUT2D eigenvalue weighted by Crippen LogP contribution is 2.39. The highest BCUT2D eigenvalue weighted by molar-refractivity contribution is 7.99. The lowest BCUT2D eigenvalue weighted by Crippen LogP contribution is -2.17. The molecule has 1 atom stereocenters. The molecule has 2 aromatic rings. The normalized spacial score (nSPS) is 17.2. The molecule has 1 aliphatic heterocycles. The summed E-state index contributed by atoms with van der Waals surface area (Å²) >= 11 is 1.61. The quantitative estimate of drug-likeness (QED) is 0.896. The van der Waals surface area contributed by atoms with E-state index in [4.69, 9.17) is 0 Å². The average molecular weight is 302 g/mol. The Kier molecular flexibility index (Phi) is 4.06. The SMILES string of the molecule is CN(C)c1ccc(NC2CCSc3c(F)cccc32)cc1. The number of thioether (sulfide) groups is 1. The summed E-state index contributed by atoms with van der Waals surface area (Å²) in [5.74, 6) is 0.841. The number of rotatable bonds is 3. The molecule has 1 aliphatic rings. The monoisotopic (exact) mass is 302 g/mol. The van der Waals surface area contributed by atoms with E-state index in [2.05, 4.69) is 34.5 Å². The first-order chi connectivity index (χ1) is 10.1. The predicted molar refractivity (Wildman–Crippen MR) is 88.9 cm³/mol. The van der Waals surface area contributed by atoms with E-state index in [1.165, 1.54) is 5.69 Å². The van der Waals surface area contributed by atoms with Crippen molar-refractivity contribution in [3.63, 3.8) is 0 Å². The van der Waals surface area contributed by atoms with Gasteiger partial charge in [-0.2, -0.15) is 0 Å². The van der Waals surface area contributed by atoms with Gasteiger partial charge in [-0.3, -0.25) is 0 Å². The average Bonchev–Trinajstić information content (AvgIpc) is 2.49. The maximum absolute atomic E-state index is 13.9. The summed E-state index contributed by atoms with van der Waals surface area (Å²) in [7, 11) is 4.06. The molecular formula is C17H19FN2S. The summed E-state index contributed by atoms with van der Waals surface area (Å²) in [6.07, 6.45) is 1.01. The van der Waals surface area contributed by atoms with Crippen molar-refractivity contribution in [1.29, 1.82) is 0 Å². The van der Waals surface area contributed by atoms with Crippen LogP contribution in [0.5, 0.6) is 0 Å². The molecule has 0 bridgehead atoms. The van der Waals surface area contributed by atoms with Gasteiger partial charge in [0, 0.05) is 36.1 Å². The third-order valence-electron chi connectivity index (χ3n) is 3.75. The van der Waals surface area contributed by atoms with E-state index in [1.807, 2.05) is 20.2 Å². The maximum Gasteiger partial charge on any atom is 0.137 e. The molecule has 1 unspecified atom stereocenters. The Bertz CT molecular complexity index is 625. The molecule has 2 aromatic carbocycles. The number of hydrogen-bond acceptors (Lipinski definition) is 3. The van der Waals surface area contributed by atoms with E-state index >= 15 is 0 Å². The van der Waals surface area contributed by atoms with Gasteiger partial charge < -0.3 is 10.2 Å². The fourth-order valence-electron chi connectivity index (χ4n) is 2.59. The van der Waals surface area contributed by atoms with Crippen molar-refractivity contribution in [2.24, 2.45) is 0 Å². The van der Waals surface area contributed by atoms with Crippen LogP contribution in [0.4, 0.5) is 15.8 Å². The number of benzene rings is 2. The first kappa shape index (κ1) is 14.3. The van der Waals surface area contributed by atoms with Gasteiger partial charge >= 0.3 is 0 Å². The van der Waals surface area contributed by atoms with Gasteiger partial charge in [0.1, 0.15) is 5.82 Å². The Hall–Kier alpha value is -1.68. The molecule has 0 saturated heterocycles. The lowest BCUT2D eigenvalue weighted by molar-refractivity contribution is 0.585. The molecule has 0 amide bonds. The van der Waals surface area contributed by atoms with Crippen molar-refractivity contribution < 1.29 is 4.39 Å². The van der Waals surface area contributed by atoms with Crippen LogP contribution in [0.3, 0.4) is 0 Å². The van der Waals surface area contributed by atoms with Gasteiger partial charge in [-0.05, 0) is 42.3 Å². The number of halogens is 1. The fraction of sp³-hybridized carbons (Fsp3) is 0.294. The maximum atomic E-state index is 13.9. The molecule has 110 valence electrons. The molecule has 0 aromatic heterocycles. The third-order valence-corrected chi connectivity index (χ3v) is 4.91. The molecule has 21 heavy (non-hydrogen) atoms. The van der Waals surface area contributed by atoms with Crippen LogP contribution in [0.25, 0.3) is 0 Å². The predicted octanol–water partition coefficient (Wildman–Crippen LogP) is 4.54. The number of hydrogen-bond donors (Lipinski definition) is 1. The smallest absolute Gasteiger partial charge is 0.137 e. The second-order valence-electron chi connectivity index (χ2n) is 5.43. The van der Waals surface area contributed by atoms with Gasteiger partial charge in [0.05, 0.1) is 6.04 Å².